The van der Waals surface area contributed by atoms with E-state index in [0.29, 0.717) is 28.9 Å². The highest BCUT2D eigenvalue weighted by atomic mass is 79.9. The van der Waals surface area contributed by atoms with E-state index in [1.165, 1.54) is 30.4 Å². The molecule has 0 saturated heterocycles. The molecule has 0 aliphatic heterocycles. The second-order valence-corrected chi connectivity index (χ2v) is 6.73. The molecule has 0 radical (unpaired) electrons. The molecule has 1 aliphatic carbocycles. The minimum atomic E-state index is -0.0607. The molecule has 20 heavy (non-hydrogen) atoms. The van der Waals surface area contributed by atoms with Gasteiger partial charge in [0.15, 0.2) is 0 Å². The fourth-order valence-electron chi connectivity index (χ4n) is 3.13. The van der Waals surface area contributed by atoms with Crippen LogP contribution in [0.2, 0.25) is 0 Å². The van der Waals surface area contributed by atoms with Crippen LogP contribution >= 0.6 is 15.9 Å². The van der Waals surface area contributed by atoms with E-state index in [-0.39, 0.29) is 5.56 Å². The predicted octanol–water partition coefficient (Wildman–Crippen LogP) is 3.65. The van der Waals surface area contributed by atoms with Gasteiger partial charge in [-0.2, -0.15) is 5.10 Å². The Kier molecular flexibility index (Phi) is 5.24. The van der Waals surface area contributed by atoms with Crippen molar-refractivity contribution in [2.45, 2.75) is 59.0 Å². The highest BCUT2D eigenvalue weighted by molar-refractivity contribution is 9.10. The average molecular weight is 342 g/mol. The molecule has 0 spiro atoms. The van der Waals surface area contributed by atoms with Crippen molar-refractivity contribution >= 4 is 21.6 Å². The fraction of sp³-hybridized carbons (Fsp3) is 0.733. The fourth-order valence-corrected chi connectivity index (χ4v) is 3.55. The zero-order valence-electron chi connectivity index (χ0n) is 12.5. The molecule has 1 aromatic rings. The number of aryl methyl sites for hydroxylation is 1. The second kappa shape index (κ2) is 6.74. The SMILES string of the molecule is CCn1ncc(NC2CCCCC2C(C)C)c(Br)c1=O. The van der Waals surface area contributed by atoms with Crippen molar-refractivity contribution in [3.05, 3.63) is 21.0 Å². The van der Waals surface area contributed by atoms with Crippen molar-refractivity contribution < 1.29 is 0 Å². The van der Waals surface area contributed by atoms with Gasteiger partial charge >= 0.3 is 0 Å². The maximum Gasteiger partial charge on any atom is 0.283 e. The summed E-state index contributed by atoms with van der Waals surface area (Å²) in [6.45, 7) is 7.08. The van der Waals surface area contributed by atoms with E-state index in [2.05, 4.69) is 40.2 Å². The van der Waals surface area contributed by atoms with Crippen LogP contribution in [0.3, 0.4) is 0 Å². The zero-order chi connectivity index (χ0) is 14.7. The maximum absolute atomic E-state index is 12.1. The third-order valence-electron chi connectivity index (χ3n) is 4.30. The number of anilines is 1. The van der Waals surface area contributed by atoms with Crippen molar-refractivity contribution in [1.82, 2.24) is 9.78 Å². The summed E-state index contributed by atoms with van der Waals surface area (Å²) < 4.78 is 2.07. The molecule has 5 heteroatoms. The molecule has 1 fully saturated rings. The van der Waals surface area contributed by atoms with Gasteiger partial charge in [0, 0.05) is 12.6 Å². The number of rotatable bonds is 4. The standard InChI is InChI=1S/C15H24BrN3O/c1-4-19-15(20)14(16)13(9-17-19)18-12-8-6-5-7-11(12)10(2)3/h9-12,18H,4-8H2,1-3H3. The lowest BCUT2D eigenvalue weighted by atomic mass is 9.78. The van der Waals surface area contributed by atoms with Crippen LogP contribution in [-0.4, -0.2) is 15.8 Å². The minimum absolute atomic E-state index is 0.0607. The summed E-state index contributed by atoms with van der Waals surface area (Å²) >= 11 is 3.42. The van der Waals surface area contributed by atoms with E-state index in [1.807, 2.05) is 6.92 Å². The molecule has 112 valence electrons. The lowest BCUT2D eigenvalue weighted by molar-refractivity contribution is 0.253. The average Bonchev–Trinajstić information content (AvgIpc) is 2.44. The summed E-state index contributed by atoms with van der Waals surface area (Å²) in [5, 5.41) is 7.75. The van der Waals surface area contributed by atoms with Gasteiger partial charge in [-0.25, -0.2) is 4.68 Å². The van der Waals surface area contributed by atoms with Gasteiger partial charge in [-0.3, -0.25) is 4.79 Å². The summed E-state index contributed by atoms with van der Waals surface area (Å²) in [6, 6.07) is 0.443. The molecule has 2 atom stereocenters. The molecule has 2 rings (SSSR count). The van der Waals surface area contributed by atoms with Gasteiger partial charge in [0.05, 0.1) is 11.9 Å². The molecule has 4 nitrogen and oxygen atoms in total. The van der Waals surface area contributed by atoms with Crippen LogP contribution in [0.25, 0.3) is 0 Å². The molecule has 1 N–H and O–H groups in total. The molecule has 0 amide bonds. The third kappa shape index (κ3) is 3.25. The third-order valence-corrected chi connectivity index (χ3v) is 5.07. The number of aromatic nitrogens is 2. The Hall–Kier alpha value is -0.840. The highest BCUT2D eigenvalue weighted by Gasteiger charge is 2.28. The predicted molar refractivity (Wildman–Crippen MR) is 86.1 cm³/mol. The summed E-state index contributed by atoms with van der Waals surface area (Å²) in [5.41, 5.74) is 0.770. The first-order valence-electron chi connectivity index (χ1n) is 7.56. The van der Waals surface area contributed by atoms with Crippen LogP contribution in [-0.2, 0) is 6.54 Å². The quantitative estimate of drug-likeness (QED) is 0.909. The monoisotopic (exact) mass is 341 g/mol. The molecule has 1 saturated carbocycles. The Bertz CT molecular complexity index is 512. The van der Waals surface area contributed by atoms with Gasteiger partial charge in [0.1, 0.15) is 4.47 Å². The van der Waals surface area contributed by atoms with Gasteiger partial charge in [0.2, 0.25) is 0 Å². The molecular formula is C15H24BrN3O. The van der Waals surface area contributed by atoms with Crippen LogP contribution in [0.15, 0.2) is 15.5 Å². The van der Waals surface area contributed by atoms with Crippen molar-refractivity contribution in [2.75, 3.05) is 5.32 Å². The molecular weight excluding hydrogens is 318 g/mol. The van der Waals surface area contributed by atoms with Crippen LogP contribution in [0.5, 0.6) is 0 Å². The second-order valence-electron chi connectivity index (χ2n) is 5.94. The first kappa shape index (κ1) is 15.5. The highest BCUT2D eigenvalue weighted by Crippen LogP contribution is 2.33. The van der Waals surface area contributed by atoms with Gasteiger partial charge < -0.3 is 5.32 Å². The van der Waals surface area contributed by atoms with Crippen LogP contribution in [0, 0.1) is 11.8 Å². The number of hydrogen-bond donors (Lipinski definition) is 1. The smallest absolute Gasteiger partial charge is 0.283 e. The van der Waals surface area contributed by atoms with Crippen molar-refractivity contribution in [3.63, 3.8) is 0 Å². The van der Waals surface area contributed by atoms with Gasteiger partial charge in [-0.05, 0) is 47.5 Å². The molecule has 1 aliphatic rings. The summed E-state index contributed by atoms with van der Waals surface area (Å²) in [7, 11) is 0. The number of nitrogens with zero attached hydrogens (tertiary/aromatic N) is 2. The van der Waals surface area contributed by atoms with Crippen molar-refractivity contribution in [1.29, 1.82) is 0 Å². The topological polar surface area (TPSA) is 46.9 Å². The zero-order valence-corrected chi connectivity index (χ0v) is 14.1. The molecule has 1 heterocycles. The van der Waals surface area contributed by atoms with Gasteiger partial charge in [0.25, 0.3) is 5.56 Å². The van der Waals surface area contributed by atoms with Gasteiger partial charge in [-0.15, -0.1) is 0 Å². The molecule has 1 aromatic heterocycles. The number of nitrogens with one attached hydrogen (secondary N) is 1. The van der Waals surface area contributed by atoms with E-state index in [9.17, 15) is 4.79 Å². The molecule has 0 bridgehead atoms. The molecule has 0 aromatic carbocycles. The van der Waals surface area contributed by atoms with Crippen molar-refractivity contribution in [3.8, 4) is 0 Å². The van der Waals surface area contributed by atoms with Crippen LogP contribution in [0.4, 0.5) is 5.69 Å². The van der Waals surface area contributed by atoms with Crippen molar-refractivity contribution in [2.24, 2.45) is 11.8 Å². The van der Waals surface area contributed by atoms with E-state index in [1.54, 1.807) is 6.20 Å². The van der Waals surface area contributed by atoms with Crippen LogP contribution in [0.1, 0.15) is 46.5 Å². The minimum Gasteiger partial charge on any atom is -0.380 e. The Labute approximate surface area is 129 Å². The number of hydrogen-bond acceptors (Lipinski definition) is 3. The summed E-state index contributed by atoms with van der Waals surface area (Å²) in [5.74, 6) is 1.33. The van der Waals surface area contributed by atoms with E-state index < -0.39 is 0 Å². The molecule has 2 unspecified atom stereocenters. The summed E-state index contributed by atoms with van der Waals surface area (Å²) in [6.07, 6.45) is 6.79. The largest absolute Gasteiger partial charge is 0.380 e. The lowest BCUT2D eigenvalue weighted by Gasteiger charge is -2.35. The Morgan fingerprint density at radius 3 is 2.80 bits per heavy atom. The lowest BCUT2D eigenvalue weighted by Crippen LogP contribution is -2.36. The Morgan fingerprint density at radius 1 is 1.45 bits per heavy atom. The first-order valence-corrected chi connectivity index (χ1v) is 8.36. The summed E-state index contributed by atoms with van der Waals surface area (Å²) in [4.78, 5) is 12.1. The Morgan fingerprint density at radius 2 is 2.15 bits per heavy atom. The number of halogens is 1. The first-order chi connectivity index (χ1) is 9.54. The van der Waals surface area contributed by atoms with E-state index >= 15 is 0 Å². The maximum atomic E-state index is 12.1. The van der Waals surface area contributed by atoms with Gasteiger partial charge in [-0.1, -0.05) is 26.7 Å². The normalized spacial score (nSPS) is 23.1. The van der Waals surface area contributed by atoms with E-state index in [0.717, 1.165) is 5.69 Å². The Balaban J connectivity index is 2.20. The van der Waals surface area contributed by atoms with E-state index in [4.69, 9.17) is 0 Å². The van der Waals surface area contributed by atoms with Crippen LogP contribution < -0.4 is 10.9 Å².